The van der Waals surface area contributed by atoms with Crippen molar-refractivity contribution in [1.82, 2.24) is 9.78 Å². The summed E-state index contributed by atoms with van der Waals surface area (Å²) in [6.45, 7) is -0.0359. The van der Waals surface area contributed by atoms with Gasteiger partial charge < -0.3 is 0 Å². The van der Waals surface area contributed by atoms with E-state index in [-0.39, 0.29) is 6.67 Å². The van der Waals surface area contributed by atoms with E-state index in [0.717, 1.165) is 8.17 Å². The van der Waals surface area contributed by atoms with Crippen LogP contribution in [0.4, 0.5) is 4.39 Å². The summed E-state index contributed by atoms with van der Waals surface area (Å²) in [5.74, 6) is 0. The van der Waals surface area contributed by atoms with Gasteiger partial charge >= 0.3 is 0 Å². The van der Waals surface area contributed by atoms with Gasteiger partial charge in [0.05, 0.1) is 11.0 Å². The second-order valence-electron chi connectivity index (χ2n) is 1.72. The summed E-state index contributed by atoms with van der Waals surface area (Å²) < 4.78 is 15.1. The van der Waals surface area contributed by atoms with E-state index in [1.54, 1.807) is 10.9 Å². The maximum atomic E-state index is 11.7. The molecule has 0 saturated carbocycles. The van der Waals surface area contributed by atoms with Crippen LogP contribution in [0.15, 0.2) is 10.7 Å². The molecule has 5 heteroatoms. The zero-order chi connectivity index (χ0) is 7.56. The molecule has 0 N–H and O–H groups in total. The molecule has 1 aromatic rings. The first-order valence-electron chi connectivity index (χ1n) is 2.68. The summed E-state index contributed by atoms with van der Waals surface area (Å²) in [6.07, 6.45) is 1.77. The van der Waals surface area contributed by atoms with Crippen LogP contribution in [0.25, 0.3) is 0 Å². The maximum absolute atomic E-state index is 11.7. The predicted molar refractivity (Wildman–Crippen MR) is 48.6 cm³/mol. The van der Waals surface area contributed by atoms with Gasteiger partial charge in [-0.3, -0.25) is 4.68 Å². The average Bonchev–Trinajstić information content (AvgIpc) is 2.14. The molecule has 1 rings (SSSR count). The van der Waals surface area contributed by atoms with Crippen molar-refractivity contribution in [2.45, 2.75) is 6.54 Å². The van der Waals surface area contributed by atoms with Crippen LogP contribution in [0.1, 0.15) is 0 Å². The average molecular weight is 319 g/mol. The molecule has 0 bridgehead atoms. The Morgan fingerprint density at radius 2 is 2.50 bits per heavy atom. The van der Waals surface area contributed by atoms with Gasteiger partial charge in [0.1, 0.15) is 10.4 Å². The highest BCUT2D eigenvalue weighted by Gasteiger charge is 2.00. The standard InChI is InChI=1S/C5H5BrFIN2/c6-4-3-10(2-1-7)9-5(4)8/h3H,1-2H2. The molecule has 0 atom stereocenters. The molecule has 0 aromatic carbocycles. The van der Waals surface area contributed by atoms with E-state index in [9.17, 15) is 4.39 Å². The van der Waals surface area contributed by atoms with Gasteiger partial charge in [0.2, 0.25) is 0 Å². The second kappa shape index (κ2) is 3.66. The number of aryl methyl sites for hydroxylation is 1. The lowest BCUT2D eigenvalue weighted by Gasteiger charge is -1.91. The van der Waals surface area contributed by atoms with E-state index >= 15 is 0 Å². The minimum absolute atomic E-state index is 0.335. The Bertz CT molecular complexity index is 206. The molecule has 0 aliphatic rings. The topological polar surface area (TPSA) is 17.8 Å². The minimum atomic E-state index is -0.371. The smallest absolute Gasteiger partial charge is 0.137 e. The molecule has 0 fully saturated rings. The fraction of sp³-hybridized carbons (Fsp3) is 0.400. The quantitative estimate of drug-likeness (QED) is 0.765. The van der Waals surface area contributed by atoms with E-state index in [1.165, 1.54) is 0 Å². The van der Waals surface area contributed by atoms with Crippen LogP contribution in [0.2, 0.25) is 0 Å². The summed E-state index contributed by atoms with van der Waals surface area (Å²) in [4.78, 5) is 0. The van der Waals surface area contributed by atoms with Gasteiger partial charge in [-0.15, -0.1) is 0 Å². The van der Waals surface area contributed by atoms with E-state index in [2.05, 4.69) is 43.6 Å². The molecule has 56 valence electrons. The third-order valence-electron chi connectivity index (χ3n) is 0.989. The highest BCUT2D eigenvalue weighted by atomic mass is 127. The normalized spacial score (nSPS) is 10.3. The molecule has 0 saturated heterocycles. The Hall–Kier alpha value is 0.350. The van der Waals surface area contributed by atoms with E-state index in [4.69, 9.17) is 0 Å². The van der Waals surface area contributed by atoms with Crippen molar-refractivity contribution in [1.29, 1.82) is 0 Å². The van der Waals surface area contributed by atoms with Gasteiger partial charge in [-0.2, -0.15) is 5.10 Å². The van der Waals surface area contributed by atoms with E-state index in [1.807, 2.05) is 0 Å². The van der Waals surface area contributed by atoms with Gasteiger partial charge in [0.15, 0.2) is 0 Å². The molecule has 1 heterocycles. The van der Waals surface area contributed by atoms with Crippen LogP contribution in [0.3, 0.4) is 0 Å². The summed E-state index contributed by atoms with van der Waals surface area (Å²) >= 11 is 5.36. The zero-order valence-electron chi connectivity index (χ0n) is 5.02. The van der Waals surface area contributed by atoms with Crippen molar-refractivity contribution in [2.75, 3.05) is 6.67 Å². The predicted octanol–water partition coefficient (Wildman–Crippen LogP) is 2.22. The monoisotopic (exact) mass is 318 g/mol. The van der Waals surface area contributed by atoms with Crippen molar-refractivity contribution in [3.63, 3.8) is 0 Å². The molecule has 0 spiro atoms. The largest absolute Gasteiger partial charge is 0.268 e. The van der Waals surface area contributed by atoms with Gasteiger partial charge in [0, 0.05) is 6.20 Å². The lowest BCUT2D eigenvalue weighted by atomic mass is 10.7. The summed E-state index contributed by atoms with van der Waals surface area (Å²) in [6, 6.07) is 0. The number of hydrogen-bond acceptors (Lipinski definition) is 1. The first-order chi connectivity index (χ1) is 4.74. The fourth-order valence-electron chi connectivity index (χ4n) is 0.575. The van der Waals surface area contributed by atoms with Crippen molar-refractivity contribution >= 4 is 38.5 Å². The molecule has 0 radical (unpaired) electrons. The first kappa shape index (κ1) is 8.45. The number of hydrogen-bond donors (Lipinski definition) is 0. The van der Waals surface area contributed by atoms with Crippen LogP contribution in [-0.4, -0.2) is 16.5 Å². The van der Waals surface area contributed by atoms with Crippen LogP contribution >= 0.6 is 38.5 Å². The molecule has 0 unspecified atom stereocenters. The van der Waals surface area contributed by atoms with Crippen molar-refractivity contribution in [2.24, 2.45) is 0 Å². The number of halogens is 3. The van der Waals surface area contributed by atoms with Gasteiger partial charge in [0.25, 0.3) is 0 Å². The lowest BCUT2D eigenvalue weighted by Crippen LogP contribution is -1.99. The highest BCUT2D eigenvalue weighted by Crippen LogP contribution is 2.16. The Morgan fingerprint density at radius 3 is 2.90 bits per heavy atom. The van der Waals surface area contributed by atoms with E-state index in [0.29, 0.717) is 6.54 Å². The maximum Gasteiger partial charge on any atom is 0.137 e. The molecule has 1 aromatic heterocycles. The van der Waals surface area contributed by atoms with Crippen LogP contribution in [0, 0.1) is 3.70 Å². The van der Waals surface area contributed by atoms with Crippen molar-refractivity contribution in [3.8, 4) is 0 Å². The number of alkyl halides is 1. The third-order valence-corrected chi connectivity index (χ3v) is 3.11. The number of nitrogens with zero attached hydrogens (tertiary/aromatic N) is 2. The van der Waals surface area contributed by atoms with Crippen LogP contribution in [0.5, 0.6) is 0 Å². The molecule has 0 aliphatic heterocycles. The third kappa shape index (κ3) is 1.91. The fourth-order valence-corrected chi connectivity index (χ4v) is 1.31. The molecule has 0 amide bonds. The molecular formula is C5H5BrFIN2. The lowest BCUT2D eigenvalue weighted by molar-refractivity contribution is 0.426. The Balaban J connectivity index is 2.77. The summed E-state index contributed by atoms with van der Waals surface area (Å²) in [7, 11) is 0. The van der Waals surface area contributed by atoms with Gasteiger partial charge in [-0.1, -0.05) is 0 Å². The van der Waals surface area contributed by atoms with E-state index < -0.39 is 0 Å². The second-order valence-corrected chi connectivity index (χ2v) is 3.60. The molecular weight excluding hydrogens is 314 g/mol. The summed E-state index contributed by atoms with van der Waals surface area (Å²) in [5, 5.41) is 4.02. The highest BCUT2D eigenvalue weighted by molar-refractivity contribution is 14.1. The molecule has 0 aliphatic carbocycles. The zero-order valence-corrected chi connectivity index (χ0v) is 8.76. The number of aromatic nitrogens is 2. The Labute approximate surface area is 80.1 Å². The summed E-state index contributed by atoms with van der Waals surface area (Å²) in [5.41, 5.74) is 0. The van der Waals surface area contributed by atoms with Crippen molar-refractivity contribution < 1.29 is 4.39 Å². The van der Waals surface area contributed by atoms with Crippen molar-refractivity contribution in [3.05, 3.63) is 14.4 Å². The van der Waals surface area contributed by atoms with Gasteiger partial charge in [-0.05, 0) is 38.5 Å². The first-order valence-corrected chi connectivity index (χ1v) is 4.55. The Morgan fingerprint density at radius 1 is 1.80 bits per heavy atom. The Kier molecular flexibility index (Phi) is 3.09. The minimum Gasteiger partial charge on any atom is -0.268 e. The SMILES string of the molecule is FCCn1cc(Br)c(I)n1. The molecule has 2 nitrogen and oxygen atoms in total. The van der Waals surface area contributed by atoms with Crippen LogP contribution in [-0.2, 0) is 6.54 Å². The molecule has 10 heavy (non-hydrogen) atoms. The number of rotatable bonds is 2. The van der Waals surface area contributed by atoms with Crippen LogP contribution < -0.4 is 0 Å². The van der Waals surface area contributed by atoms with Gasteiger partial charge in [-0.25, -0.2) is 4.39 Å².